The molecule has 3 heterocycles. The molecule has 3 aromatic rings. The number of aromatic nitrogens is 1. The highest BCUT2D eigenvalue weighted by Gasteiger charge is 2.53. The number of nitrogens with one attached hydrogen (secondary N) is 2. The second-order valence-corrected chi connectivity index (χ2v) is 7.91. The van der Waals surface area contributed by atoms with Crippen LogP contribution in [0.1, 0.15) is 28.9 Å². The first-order valence-corrected chi connectivity index (χ1v) is 10.1. The van der Waals surface area contributed by atoms with Crippen molar-refractivity contribution in [3.05, 3.63) is 65.9 Å². The number of amides is 4. The van der Waals surface area contributed by atoms with Crippen molar-refractivity contribution in [2.75, 3.05) is 18.0 Å². The molecule has 0 saturated carbocycles. The lowest BCUT2D eigenvalue weighted by molar-refractivity contribution is -0.123. The molecule has 7 nitrogen and oxygen atoms in total. The number of nitrogens with zero attached hydrogens (tertiary/aromatic N) is 2. The van der Waals surface area contributed by atoms with Gasteiger partial charge in [-0.1, -0.05) is 24.1 Å². The number of H-pyrrole nitrogens is 1. The molecule has 2 aromatic carbocycles. The van der Waals surface area contributed by atoms with Gasteiger partial charge < -0.3 is 15.2 Å². The van der Waals surface area contributed by atoms with Crippen LogP contribution in [0.15, 0.2) is 54.6 Å². The highest BCUT2D eigenvalue weighted by molar-refractivity contribution is 6.23. The number of aromatic amines is 1. The molecule has 0 aliphatic carbocycles. The first-order valence-electron chi connectivity index (χ1n) is 10.1. The Balaban J connectivity index is 1.32. The summed E-state index contributed by atoms with van der Waals surface area (Å²) in [5.74, 6) is 2.20. The largest absolute Gasteiger partial charge is 0.351 e. The number of para-hydroxylation sites is 1. The van der Waals surface area contributed by atoms with Crippen LogP contribution in [0.4, 0.5) is 10.5 Å². The highest BCUT2D eigenvalue weighted by atomic mass is 16.2. The number of carbonyl (C=O) groups is 3. The maximum atomic E-state index is 13.1. The van der Waals surface area contributed by atoms with Crippen molar-refractivity contribution in [3.8, 4) is 12.3 Å². The fourth-order valence-electron chi connectivity index (χ4n) is 4.37. The molecule has 0 radical (unpaired) electrons. The maximum absolute atomic E-state index is 13.1. The molecule has 1 aromatic heterocycles. The van der Waals surface area contributed by atoms with Crippen molar-refractivity contribution in [2.45, 2.75) is 18.4 Å². The molecular formula is C24H20N4O3. The third-order valence-electron chi connectivity index (χ3n) is 6.10. The van der Waals surface area contributed by atoms with Crippen molar-refractivity contribution < 1.29 is 14.4 Å². The molecule has 2 aliphatic heterocycles. The summed E-state index contributed by atoms with van der Waals surface area (Å²) in [5, 5.41) is 3.75. The number of hydrogen-bond acceptors (Lipinski definition) is 3. The molecule has 0 atom stereocenters. The smallest absolute Gasteiger partial charge is 0.329 e. The number of fused-ring (bicyclic) bond motifs is 1. The molecule has 7 heteroatoms. The van der Waals surface area contributed by atoms with Crippen LogP contribution in [0.3, 0.4) is 0 Å². The van der Waals surface area contributed by atoms with E-state index < -0.39 is 11.6 Å². The molecular weight excluding hydrogens is 392 g/mol. The van der Waals surface area contributed by atoms with Gasteiger partial charge in [0, 0.05) is 29.6 Å². The van der Waals surface area contributed by atoms with Crippen molar-refractivity contribution in [1.82, 2.24) is 15.2 Å². The minimum atomic E-state index is -0.966. The number of imide groups is 1. The number of hydrogen-bond donors (Lipinski definition) is 2. The Morgan fingerprint density at radius 2 is 1.77 bits per heavy atom. The molecule has 0 bridgehead atoms. The average molecular weight is 412 g/mol. The van der Waals surface area contributed by atoms with E-state index in [1.807, 2.05) is 24.3 Å². The number of rotatable bonds is 2. The zero-order valence-corrected chi connectivity index (χ0v) is 16.7. The lowest BCUT2D eigenvalue weighted by Crippen LogP contribution is -2.56. The first-order chi connectivity index (χ1) is 15.0. The number of urea groups is 1. The fourth-order valence-corrected chi connectivity index (χ4v) is 4.37. The zero-order valence-electron chi connectivity index (χ0n) is 16.7. The van der Waals surface area contributed by atoms with E-state index in [0.29, 0.717) is 37.3 Å². The van der Waals surface area contributed by atoms with Crippen LogP contribution in [-0.4, -0.2) is 46.4 Å². The van der Waals surface area contributed by atoms with E-state index in [0.717, 1.165) is 16.5 Å². The van der Waals surface area contributed by atoms with E-state index in [-0.39, 0.29) is 11.8 Å². The monoisotopic (exact) mass is 412 g/mol. The molecule has 4 amide bonds. The first kappa shape index (κ1) is 18.9. The van der Waals surface area contributed by atoms with E-state index in [9.17, 15) is 14.4 Å². The predicted molar refractivity (Wildman–Crippen MR) is 117 cm³/mol. The summed E-state index contributed by atoms with van der Waals surface area (Å²) in [4.78, 5) is 44.8. The molecule has 2 N–H and O–H groups in total. The summed E-state index contributed by atoms with van der Waals surface area (Å²) >= 11 is 0. The van der Waals surface area contributed by atoms with Crippen LogP contribution < -0.4 is 10.2 Å². The minimum Gasteiger partial charge on any atom is -0.351 e. The number of benzene rings is 2. The van der Waals surface area contributed by atoms with Gasteiger partial charge in [0.05, 0.1) is 5.69 Å². The number of piperidine rings is 1. The molecule has 31 heavy (non-hydrogen) atoms. The molecule has 2 fully saturated rings. The van der Waals surface area contributed by atoms with Gasteiger partial charge in [0.25, 0.3) is 11.8 Å². The Morgan fingerprint density at radius 3 is 2.48 bits per heavy atom. The fraction of sp³-hybridized carbons (Fsp3) is 0.208. The van der Waals surface area contributed by atoms with Gasteiger partial charge in [0.15, 0.2) is 0 Å². The van der Waals surface area contributed by atoms with Crippen LogP contribution >= 0.6 is 0 Å². The lowest BCUT2D eigenvalue weighted by atomic mass is 9.87. The van der Waals surface area contributed by atoms with Gasteiger partial charge in [-0.25, -0.2) is 9.69 Å². The van der Waals surface area contributed by atoms with Gasteiger partial charge in [-0.3, -0.25) is 9.59 Å². The third-order valence-corrected chi connectivity index (χ3v) is 6.10. The second kappa shape index (κ2) is 7.03. The highest BCUT2D eigenvalue weighted by Crippen LogP contribution is 2.33. The molecule has 1 spiro atoms. The van der Waals surface area contributed by atoms with Gasteiger partial charge in [-0.05, 0) is 49.2 Å². The van der Waals surface area contributed by atoms with Crippen LogP contribution in [0.2, 0.25) is 0 Å². The molecule has 154 valence electrons. The van der Waals surface area contributed by atoms with Crippen molar-refractivity contribution in [1.29, 1.82) is 0 Å². The van der Waals surface area contributed by atoms with Crippen molar-refractivity contribution in [2.24, 2.45) is 0 Å². The predicted octanol–water partition coefficient (Wildman–Crippen LogP) is 2.88. The summed E-state index contributed by atoms with van der Waals surface area (Å²) in [7, 11) is 0. The maximum Gasteiger partial charge on any atom is 0.329 e. The van der Waals surface area contributed by atoms with E-state index in [2.05, 4.69) is 16.2 Å². The van der Waals surface area contributed by atoms with Crippen molar-refractivity contribution >= 4 is 34.4 Å². The Morgan fingerprint density at radius 1 is 1.03 bits per heavy atom. The van der Waals surface area contributed by atoms with E-state index >= 15 is 0 Å². The van der Waals surface area contributed by atoms with E-state index in [1.165, 1.54) is 4.90 Å². The van der Waals surface area contributed by atoms with E-state index in [4.69, 9.17) is 6.42 Å². The Bertz CT molecular complexity index is 1250. The lowest BCUT2D eigenvalue weighted by Gasteiger charge is -2.37. The summed E-state index contributed by atoms with van der Waals surface area (Å²) in [6.45, 7) is 0.747. The summed E-state index contributed by atoms with van der Waals surface area (Å²) < 4.78 is 0. The van der Waals surface area contributed by atoms with Gasteiger partial charge in [0.1, 0.15) is 11.2 Å². The average Bonchev–Trinajstić information content (AvgIpc) is 3.32. The van der Waals surface area contributed by atoms with E-state index in [1.54, 1.807) is 35.2 Å². The molecule has 0 unspecified atom stereocenters. The number of likely N-dealkylation sites (tertiary alicyclic amines) is 1. The summed E-state index contributed by atoms with van der Waals surface area (Å²) in [6, 6.07) is 15.8. The van der Waals surface area contributed by atoms with Crippen LogP contribution in [-0.2, 0) is 4.79 Å². The van der Waals surface area contributed by atoms with Crippen LogP contribution in [0, 0.1) is 12.3 Å². The summed E-state index contributed by atoms with van der Waals surface area (Å²) in [5.41, 5.74) is 1.65. The van der Waals surface area contributed by atoms with Gasteiger partial charge in [-0.15, -0.1) is 6.42 Å². The van der Waals surface area contributed by atoms with Crippen molar-refractivity contribution in [3.63, 3.8) is 0 Å². The quantitative estimate of drug-likeness (QED) is 0.501. The molecule has 2 saturated heterocycles. The number of anilines is 1. The number of carbonyl (C=O) groups excluding carboxylic acids is 3. The SMILES string of the molecule is C#Cc1ccc2[nH]c(C(=O)N3CCC4(CC3)NC(=O)N(c3ccccc3)C4=O)cc2c1. The van der Waals surface area contributed by atoms with Gasteiger partial charge in [-0.2, -0.15) is 0 Å². The third kappa shape index (κ3) is 3.04. The van der Waals surface area contributed by atoms with Gasteiger partial charge >= 0.3 is 6.03 Å². The Hall–Kier alpha value is -4.05. The zero-order chi connectivity index (χ0) is 21.6. The minimum absolute atomic E-state index is 0.134. The normalized spacial score (nSPS) is 17.8. The number of terminal acetylenes is 1. The summed E-state index contributed by atoms with van der Waals surface area (Å²) in [6.07, 6.45) is 6.19. The molecule has 5 rings (SSSR count). The molecule has 2 aliphatic rings. The van der Waals surface area contributed by atoms with Crippen LogP contribution in [0.25, 0.3) is 10.9 Å². The van der Waals surface area contributed by atoms with Gasteiger partial charge in [0.2, 0.25) is 0 Å². The van der Waals surface area contributed by atoms with Crippen LogP contribution in [0.5, 0.6) is 0 Å². The Kier molecular flexibility index (Phi) is 4.29. The topological polar surface area (TPSA) is 85.5 Å². The Labute approximate surface area is 179 Å². The second-order valence-electron chi connectivity index (χ2n) is 7.91. The standard InChI is InChI=1S/C24H20N4O3/c1-2-16-8-9-19-17(14-16)15-20(25-19)21(29)27-12-10-24(11-13-27)22(30)28(23(31)26-24)18-6-4-3-5-7-18/h1,3-9,14-15,25H,10-13H2,(H,26,31).